The standard InChI is InChI=1S/C16H31N3O/c1-12(13-6-7-13)19(3)11-5-4-10-16(2,15(17)20)18-14-8-9-14/h12-14,18H,4-11H2,1-3H3,(H2,17,20). The molecule has 2 unspecified atom stereocenters. The molecule has 20 heavy (non-hydrogen) atoms. The summed E-state index contributed by atoms with van der Waals surface area (Å²) < 4.78 is 0. The quantitative estimate of drug-likeness (QED) is 0.601. The smallest absolute Gasteiger partial charge is 0.237 e. The summed E-state index contributed by atoms with van der Waals surface area (Å²) in [7, 11) is 2.22. The summed E-state index contributed by atoms with van der Waals surface area (Å²) in [5.41, 5.74) is 5.06. The molecule has 0 aliphatic heterocycles. The number of nitrogens with zero attached hydrogens (tertiary/aromatic N) is 1. The minimum absolute atomic E-state index is 0.205. The molecular weight excluding hydrogens is 250 g/mol. The number of nitrogens with one attached hydrogen (secondary N) is 1. The van der Waals surface area contributed by atoms with Crippen LogP contribution in [0.2, 0.25) is 0 Å². The van der Waals surface area contributed by atoms with E-state index in [1.165, 1.54) is 25.7 Å². The van der Waals surface area contributed by atoms with Crippen LogP contribution in [0.1, 0.15) is 58.8 Å². The average molecular weight is 281 g/mol. The minimum Gasteiger partial charge on any atom is -0.368 e. The van der Waals surface area contributed by atoms with Crippen molar-refractivity contribution in [1.29, 1.82) is 0 Å². The van der Waals surface area contributed by atoms with Crippen LogP contribution < -0.4 is 11.1 Å². The number of nitrogens with two attached hydrogens (primary N) is 1. The van der Waals surface area contributed by atoms with Crippen LogP contribution in [0.15, 0.2) is 0 Å². The lowest BCUT2D eigenvalue weighted by Crippen LogP contribution is -2.54. The van der Waals surface area contributed by atoms with Crippen LogP contribution in [0.25, 0.3) is 0 Å². The highest BCUT2D eigenvalue weighted by Gasteiger charge is 2.36. The van der Waals surface area contributed by atoms with Gasteiger partial charge in [-0.25, -0.2) is 0 Å². The number of rotatable bonds is 10. The van der Waals surface area contributed by atoms with Crippen molar-refractivity contribution in [2.75, 3.05) is 13.6 Å². The highest BCUT2D eigenvalue weighted by atomic mass is 16.1. The molecule has 2 aliphatic carbocycles. The Balaban J connectivity index is 1.66. The Morgan fingerprint density at radius 2 is 2.00 bits per heavy atom. The first-order valence-corrected chi connectivity index (χ1v) is 8.20. The van der Waals surface area contributed by atoms with E-state index in [2.05, 4.69) is 24.2 Å². The van der Waals surface area contributed by atoms with E-state index in [1.807, 2.05) is 6.92 Å². The summed E-state index contributed by atoms with van der Waals surface area (Å²) in [6.07, 6.45) is 8.22. The molecule has 2 atom stereocenters. The fraction of sp³-hybridized carbons (Fsp3) is 0.938. The first kappa shape index (κ1) is 15.8. The highest BCUT2D eigenvalue weighted by molar-refractivity contribution is 5.84. The van der Waals surface area contributed by atoms with Gasteiger partial charge < -0.3 is 16.0 Å². The lowest BCUT2D eigenvalue weighted by molar-refractivity contribution is -0.124. The lowest BCUT2D eigenvalue weighted by atomic mass is 9.93. The van der Waals surface area contributed by atoms with Crippen molar-refractivity contribution in [3.8, 4) is 0 Å². The second-order valence-electron chi connectivity index (χ2n) is 7.13. The maximum absolute atomic E-state index is 11.7. The predicted octanol–water partition coefficient (Wildman–Crippen LogP) is 1.88. The SMILES string of the molecule is CC(C1CC1)N(C)CCCCC(C)(NC1CC1)C(N)=O. The Kier molecular flexibility index (Phi) is 5.08. The Hall–Kier alpha value is -0.610. The fourth-order valence-corrected chi connectivity index (χ4v) is 2.93. The zero-order chi connectivity index (χ0) is 14.8. The zero-order valence-corrected chi connectivity index (χ0v) is 13.3. The van der Waals surface area contributed by atoms with Gasteiger partial charge in [0.05, 0.1) is 5.54 Å². The topological polar surface area (TPSA) is 58.4 Å². The van der Waals surface area contributed by atoms with Gasteiger partial charge in [-0.2, -0.15) is 0 Å². The van der Waals surface area contributed by atoms with Crippen molar-refractivity contribution in [3.05, 3.63) is 0 Å². The van der Waals surface area contributed by atoms with Crippen molar-refractivity contribution in [2.24, 2.45) is 11.7 Å². The van der Waals surface area contributed by atoms with Crippen LogP contribution in [0.3, 0.4) is 0 Å². The van der Waals surface area contributed by atoms with Crippen molar-refractivity contribution in [1.82, 2.24) is 10.2 Å². The fourth-order valence-electron chi connectivity index (χ4n) is 2.93. The minimum atomic E-state index is -0.512. The Morgan fingerprint density at radius 1 is 1.35 bits per heavy atom. The Bertz CT molecular complexity index is 339. The van der Waals surface area contributed by atoms with Gasteiger partial charge in [0.25, 0.3) is 0 Å². The first-order chi connectivity index (χ1) is 9.42. The maximum atomic E-state index is 11.7. The summed E-state index contributed by atoms with van der Waals surface area (Å²) in [5, 5.41) is 3.42. The largest absolute Gasteiger partial charge is 0.368 e. The van der Waals surface area contributed by atoms with Gasteiger partial charge in [0.15, 0.2) is 0 Å². The van der Waals surface area contributed by atoms with Gasteiger partial charge in [-0.15, -0.1) is 0 Å². The van der Waals surface area contributed by atoms with Gasteiger partial charge in [0.2, 0.25) is 5.91 Å². The molecule has 4 nitrogen and oxygen atoms in total. The van der Waals surface area contributed by atoms with E-state index in [9.17, 15) is 4.79 Å². The summed E-state index contributed by atoms with van der Waals surface area (Å²) in [6.45, 7) is 5.42. The normalized spacial score (nSPS) is 23.6. The molecule has 0 heterocycles. The molecule has 0 radical (unpaired) electrons. The van der Waals surface area contributed by atoms with Crippen LogP contribution in [0.4, 0.5) is 0 Å². The van der Waals surface area contributed by atoms with E-state index in [4.69, 9.17) is 5.73 Å². The second-order valence-corrected chi connectivity index (χ2v) is 7.13. The maximum Gasteiger partial charge on any atom is 0.237 e. The number of carbonyl (C=O) groups excluding carboxylic acids is 1. The molecule has 2 saturated carbocycles. The number of unbranched alkanes of at least 4 members (excludes halogenated alkanes) is 1. The van der Waals surface area contributed by atoms with E-state index >= 15 is 0 Å². The molecule has 2 aliphatic rings. The van der Waals surface area contributed by atoms with E-state index in [-0.39, 0.29) is 5.91 Å². The molecule has 2 fully saturated rings. The molecule has 0 saturated heterocycles. The Labute approximate surface area is 123 Å². The van der Waals surface area contributed by atoms with Crippen molar-refractivity contribution < 1.29 is 4.79 Å². The van der Waals surface area contributed by atoms with E-state index < -0.39 is 5.54 Å². The third kappa shape index (κ3) is 4.45. The van der Waals surface area contributed by atoms with Gasteiger partial charge in [-0.1, -0.05) is 0 Å². The molecule has 0 aromatic rings. The number of amides is 1. The molecule has 3 N–H and O–H groups in total. The van der Waals surface area contributed by atoms with Crippen LogP contribution in [0.5, 0.6) is 0 Å². The third-order valence-corrected chi connectivity index (χ3v) is 5.08. The van der Waals surface area contributed by atoms with Gasteiger partial charge in [0.1, 0.15) is 0 Å². The molecule has 4 heteroatoms. The summed E-state index contributed by atoms with van der Waals surface area (Å²) in [6, 6.07) is 1.23. The summed E-state index contributed by atoms with van der Waals surface area (Å²) in [4.78, 5) is 14.1. The summed E-state index contributed by atoms with van der Waals surface area (Å²) >= 11 is 0. The average Bonchev–Trinajstić information content (AvgIpc) is 3.25. The van der Waals surface area contributed by atoms with Crippen LogP contribution >= 0.6 is 0 Å². The molecule has 0 spiro atoms. The van der Waals surface area contributed by atoms with E-state index in [1.54, 1.807) is 0 Å². The second kappa shape index (κ2) is 6.44. The van der Waals surface area contributed by atoms with Crippen molar-refractivity contribution >= 4 is 5.91 Å². The Morgan fingerprint density at radius 3 is 2.50 bits per heavy atom. The lowest BCUT2D eigenvalue weighted by Gasteiger charge is -2.29. The highest BCUT2D eigenvalue weighted by Crippen LogP contribution is 2.34. The van der Waals surface area contributed by atoms with Gasteiger partial charge >= 0.3 is 0 Å². The van der Waals surface area contributed by atoms with Crippen LogP contribution in [-0.2, 0) is 4.79 Å². The molecular formula is C16H31N3O. The number of hydrogen-bond donors (Lipinski definition) is 2. The summed E-state index contributed by atoms with van der Waals surface area (Å²) in [5.74, 6) is 0.719. The van der Waals surface area contributed by atoms with Gasteiger partial charge in [-0.3, -0.25) is 4.79 Å². The predicted molar refractivity (Wildman–Crippen MR) is 82.4 cm³/mol. The van der Waals surface area contributed by atoms with E-state index in [0.717, 1.165) is 31.7 Å². The van der Waals surface area contributed by atoms with Crippen molar-refractivity contribution in [2.45, 2.75) is 76.4 Å². The van der Waals surface area contributed by atoms with Crippen molar-refractivity contribution in [3.63, 3.8) is 0 Å². The van der Waals surface area contributed by atoms with Gasteiger partial charge in [0, 0.05) is 12.1 Å². The molecule has 0 bridgehead atoms. The number of carbonyl (C=O) groups is 1. The molecule has 0 aromatic heterocycles. The molecule has 116 valence electrons. The number of hydrogen-bond acceptors (Lipinski definition) is 3. The van der Waals surface area contributed by atoms with Gasteiger partial charge in [-0.05, 0) is 78.3 Å². The van der Waals surface area contributed by atoms with Crippen LogP contribution in [0, 0.1) is 5.92 Å². The number of primary amides is 1. The molecule has 0 aromatic carbocycles. The third-order valence-electron chi connectivity index (χ3n) is 5.08. The zero-order valence-electron chi connectivity index (χ0n) is 13.3. The molecule has 2 rings (SSSR count). The van der Waals surface area contributed by atoms with Crippen LogP contribution in [-0.4, -0.2) is 42.0 Å². The van der Waals surface area contributed by atoms with E-state index in [0.29, 0.717) is 12.1 Å². The monoisotopic (exact) mass is 281 g/mol. The first-order valence-electron chi connectivity index (χ1n) is 8.20. The molecule has 1 amide bonds.